The van der Waals surface area contributed by atoms with E-state index in [2.05, 4.69) is 0 Å². The van der Waals surface area contributed by atoms with Gasteiger partial charge in [-0.05, 0) is 36.1 Å². The first-order valence-corrected chi connectivity index (χ1v) is 5.68. The van der Waals surface area contributed by atoms with Gasteiger partial charge in [0.15, 0.2) is 0 Å². The van der Waals surface area contributed by atoms with Gasteiger partial charge in [0.1, 0.15) is 0 Å². The Kier molecular flexibility index (Phi) is 2.15. The van der Waals surface area contributed by atoms with Gasteiger partial charge in [-0.25, -0.2) is 0 Å². The number of amides is 1. The molecule has 0 aliphatic carbocycles. The normalized spacial score (nSPS) is 25.4. The highest BCUT2D eigenvalue weighted by Gasteiger charge is 2.53. The van der Waals surface area contributed by atoms with Crippen molar-refractivity contribution >= 4 is 11.6 Å². The minimum Gasteiger partial charge on any atom is -0.399 e. The summed E-state index contributed by atoms with van der Waals surface area (Å²) in [6.07, 6.45) is -3.65. The third-order valence-corrected chi connectivity index (χ3v) is 3.69. The van der Waals surface area contributed by atoms with Gasteiger partial charge in [0.05, 0.1) is 12.1 Å². The van der Waals surface area contributed by atoms with Crippen molar-refractivity contribution in [1.82, 2.24) is 4.90 Å². The van der Waals surface area contributed by atoms with E-state index in [1.165, 1.54) is 0 Å². The highest BCUT2D eigenvalue weighted by atomic mass is 19.4. The lowest BCUT2D eigenvalue weighted by molar-refractivity contribution is -0.188. The van der Waals surface area contributed by atoms with Gasteiger partial charge in [-0.3, -0.25) is 4.79 Å². The molecule has 6 heteroatoms. The van der Waals surface area contributed by atoms with Crippen LogP contribution in [0.15, 0.2) is 18.2 Å². The predicted octanol–water partition coefficient (Wildman–Crippen LogP) is 2.55. The maximum absolute atomic E-state index is 12.6. The van der Waals surface area contributed by atoms with Crippen LogP contribution in [-0.2, 0) is 4.79 Å². The van der Waals surface area contributed by atoms with Gasteiger partial charge in [-0.2, -0.15) is 13.2 Å². The zero-order valence-electron chi connectivity index (χ0n) is 9.37. The number of nitrogens with two attached hydrogens (primary N) is 1. The SMILES string of the molecule is Nc1ccc2c(c1)[C@@H]1CC[C@H]2N1C(=O)C(F)(F)F. The summed E-state index contributed by atoms with van der Waals surface area (Å²) in [6, 6.07) is 4.15. The zero-order chi connectivity index (χ0) is 13.1. The molecule has 0 aromatic heterocycles. The number of hydrogen-bond donors (Lipinski definition) is 1. The Bertz CT molecular complexity index is 527. The quantitative estimate of drug-likeness (QED) is 0.725. The van der Waals surface area contributed by atoms with Crippen molar-refractivity contribution in [2.45, 2.75) is 31.1 Å². The molecule has 1 fully saturated rings. The summed E-state index contributed by atoms with van der Waals surface area (Å²) in [6.45, 7) is 0. The third kappa shape index (κ3) is 1.41. The summed E-state index contributed by atoms with van der Waals surface area (Å²) in [5.74, 6) is -1.75. The molecule has 3 nitrogen and oxygen atoms in total. The molecule has 0 saturated carbocycles. The van der Waals surface area contributed by atoms with Gasteiger partial charge in [-0.1, -0.05) is 6.07 Å². The van der Waals surface area contributed by atoms with Gasteiger partial charge in [-0.15, -0.1) is 0 Å². The summed E-state index contributed by atoms with van der Waals surface area (Å²) < 4.78 is 37.7. The van der Waals surface area contributed by atoms with Gasteiger partial charge in [0.25, 0.3) is 0 Å². The van der Waals surface area contributed by atoms with Crippen molar-refractivity contribution in [3.8, 4) is 0 Å². The van der Waals surface area contributed by atoms with E-state index in [9.17, 15) is 18.0 Å². The van der Waals surface area contributed by atoms with Crippen LogP contribution < -0.4 is 5.73 Å². The van der Waals surface area contributed by atoms with Crippen molar-refractivity contribution < 1.29 is 18.0 Å². The lowest BCUT2D eigenvalue weighted by atomic mass is 9.91. The molecule has 2 heterocycles. The molecule has 2 aliphatic heterocycles. The number of anilines is 1. The van der Waals surface area contributed by atoms with Crippen LogP contribution in [0.25, 0.3) is 0 Å². The number of benzene rings is 1. The van der Waals surface area contributed by atoms with Crippen LogP contribution in [0, 0.1) is 0 Å². The zero-order valence-corrected chi connectivity index (χ0v) is 9.37. The van der Waals surface area contributed by atoms with Gasteiger partial charge in [0, 0.05) is 5.69 Å². The van der Waals surface area contributed by atoms with Gasteiger partial charge in [0.2, 0.25) is 0 Å². The molecule has 96 valence electrons. The molecular weight excluding hydrogens is 245 g/mol. The van der Waals surface area contributed by atoms with Crippen LogP contribution in [0.2, 0.25) is 0 Å². The van der Waals surface area contributed by atoms with Gasteiger partial charge >= 0.3 is 12.1 Å². The van der Waals surface area contributed by atoms with E-state index in [0.717, 1.165) is 16.0 Å². The molecule has 2 aliphatic rings. The maximum atomic E-state index is 12.6. The first-order chi connectivity index (χ1) is 8.39. The van der Waals surface area contributed by atoms with Gasteiger partial charge < -0.3 is 10.6 Å². The average molecular weight is 256 g/mol. The minimum absolute atomic E-state index is 0.445. The number of fused-ring (bicyclic) bond motifs is 5. The summed E-state index contributed by atoms with van der Waals surface area (Å²) in [4.78, 5) is 12.4. The fraction of sp³-hybridized carbons (Fsp3) is 0.417. The standard InChI is InChI=1S/C12H11F3N2O/c13-12(14,15)11(18)17-9-3-4-10(17)8-5-6(16)1-2-7(8)9/h1-2,5,9-10H,3-4,16H2/t9-,10+/m1/s1. The lowest BCUT2D eigenvalue weighted by Crippen LogP contribution is -2.39. The fourth-order valence-corrected chi connectivity index (χ4v) is 3.04. The molecule has 1 aromatic rings. The van der Waals surface area contributed by atoms with E-state index < -0.39 is 24.2 Å². The number of carbonyl (C=O) groups is 1. The molecule has 3 rings (SSSR count). The highest BCUT2D eigenvalue weighted by molar-refractivity contribution is 5.84. The summed E-state index contributed by atoms with van der Waals surface area (Å²) in [5, 5.41) is 0. The maximum Gasteiger partial charge on any atom is 0.471 e. The number of alkyl halides is 3. The fourth-order valence-electron chi connectivity index (χ4n) is 3.04. The average Bonchev–Trinajstić information content (AvgIpc) is 2.82. The third-order valence-electron chi connectivity index (χ3n) is 3.69. The summed E-state index contributed by atoms with van der Waals surface area (Å²) in [7, 11) is 0. The van der Waals surface area contributed by atoms with Crippen LogP contribution in [0.4, 0.5) is 18.9 Å². The molecule has 1 saturated heterocycles. The molecule has 0 radical (unpaired) electrons. The lowest BCUT2D eigenvalue weighted by Gasteiger charge is -2.23. The largest absolute Gasteiger partial charge is 0.471 e. The Morgan fingerprint density at radius 3 is 2.44 bits per heavy atom. The molecule has 0 spiro atoms. The molecular formula is C12H11F3N2O. The van der Waals surface area contributed by atoms with Crippen molar-refractivity contribution in [3.63, 3.8) is 0 Å². The topological polar surface area (TPSA) is 46.3 Å². The van der Waals surface area contributed by atoms with E-state index >= 15 is 0 Å². The molecule has 0 unspecified atom stereocenters. The van der Waals surface area contributed by atoms with Crippen molar-refractivity contribution in [1.29, 1.82) is 0 Å². The number of rotatable bonds is 0. The van der Waals surface area contributed by atoms with Crippen LogP contribution >= 0.6 is 0 Å². The summed E-state index contributed by atoms with van der Waals surface area (Å²) in [5.41, 5.74) is 7.73. The van der Waals surface area contributed by atoms with Crippen LogP contribution in [0.1, 0.15) is 36.1 Å². The Labute approximate surface area is 101 Å². The second kappa shape index (κ2) is 3.40. The Hall–Kier alpha value is -1.72. The van der Waals surface area contributed by atoms with E-state index in [-0.39, 0.29) is 0 Å². The number of hydrogen-bond acceptors (Lipinski definition) is 2. The van der Waals surface area contributed by atoms with Crippen LogP contribution in [0.3, 0.4) is 0 Å². The van der Waals surface area contributed by atoms with Crippen LogP contribution in [0.5, 0.6) is 0 Å². The Morgan fingerprint density at radius 1 is 1.22 bits per heavy atom. The number of nitrogen functional groups attached to an aromatic ring is 1. The predicted molar refractivity (Wildman–Crippen MR) is 58.5 cm³/mol. The highest BCUT2D eigenvalue weighted by Crippen LogP contribution is 2.54. The first-order valence-electron chi connectivity index (χ1n) is 5.68. The Morgan fingerprint density at radius 2 is 1.83 bits per heavy atom. The molecule has 2 N–H and O–H groups in total. The smallest absolute Gasteiger partial charge is 0.399 e. The first kappa shape index (κ1) is 11.4. The monoisotopic (exact) mass is 256 g/mol. The van der Waals surface area contributed by atoms with Crippen molar-refractivity contribution in [2.24, 2.45) is 0 Å². The van der Waals surface area contributed by atoms with Crippen molar-refractivity contribution in [3.05, 3.63) is 29.3 Å². The number of carbonyl (C=O) groups excluding carboxylic acids is 1. The van der Waals surface area contributed by atoms with Crippen molar-refractivity contribution in [2.75, 3.05) is 5.73 Å². The van der Waals surface area contributed by atoms with Crippen LogP contribution in [-0.4, -0.2) is 17.0 Å². The summed E-state index contributed by atoms with van der Waals surface area (Å²) >= 11 is 0. The molecule has 1 amide bonds. The van der Waals surface area contributed by atoms with E-state index in [1.807, 2.05) is 0 Å². The second-order valence-corrected chi connectivity index (χ2v) is 4.71. The number of nitrogens with zero attached hydrogens (tertiary/aromatic N) is 1. The molecule has 2 atom stereocenters. The van der Waals surface area contributed by atoms with E-state index in [1.54, 1.807) is 18.2 Å². The Balaban J connectivity index is 2.02. The van der Waals surface area contributed by atoms with E-state index in [0.29, 0.717) is 18.5 Å². The van der Waals surface area contributed by atoms with E-state index in [4.69, 9.17) is 5.73 Å². The molecule has 1 aromatic carbocycles. The minimum atomic E-state index is -4.81. The molecule has 2 bridgehead atoms. The second-order valence-electron chi connectivity index (χ2n) is 4.71. The molecule has 18 heavy (non-hydrogen) atoms. The number of halogens is 3.